The predicted molar refractivity (Wildman–Crippen MR) is 70.6 cm³/mol. The van der Waals surface area contributed by atoms with E-state index in [0.29, 0.717) is 6.54 Å². The third kappa shape index (κ3) is 2.57. The number of aromatic nitrogens is 3. The number of hydrogen-bond acceptors (Lipinski definition) is 3. The Bertz CT molecular complexity index is 578. The molecule has 6 heteroatoms. The van der Waals surface area contributed by atoms with Gasteiger partial charge in [0.15, 0.2) is 5.82 Å². The van der Waals surface area contributed by atoms with Gasteiger partial charge in [-0.15, -0.1) is 10.2 Å². The number of nitrogens with zero attached hydrogens (tertiary/aromatic N) is 3. The third-order valence-corrected chi connectivity index (χ3v) is 3.12. The van der Waals surface area contributed by atoms with E-state index in [1.165, 1.54) is 0 Å². The SMILES string of the molecule is O=C(NCc1nnc2n1CCC2)Nc1ccccc1. The molecular formula is C13H15N5O. The van der Waals surface area contributed by atoms with Crippen molar-refractivity contribution >= 4 is 11.7 Å². The fraction of sp³-hybridized carbons (Fsp3) is 0.308. The molecule has 2 heterocycles. The van der Waals surface area contributed by atoms with Crippen molar-refractivity contribution in [2.75, 3.05) is 5.32 Å². The predicted octanol–water partition coefficient (Wildman–Crippen LogP) is 1.55. The minimum absolute atomic E-state index is 0.235. The van der Waals surface area contributed by atoms with Gasteiger partial charge in [0, 0.05) is 18.7 Å². The summed E-state index contributed by atoms with van der Waals surface area (Å²) in [5.74, 6) is 1.83. The molecule has 0 saturated heterocycles. The number of amides is 2. The Labute approximate surface area is 110 Å². The van der Waals surface area contributed by atoms with Crippen molar-refractivity contribution in [2.45, 2.75) is 25.9 Å². The molecule has 6 nitrogen and oxygen atoms in total. The lowest BCUT2D eigenvalue weighted by molar-refractivity contribution is 0.251. The smallest absolute Gasteiger partial charge is 0.319 e. The van der Waals surface area contributed by atoms with E-state index < -0.39 is 0 Å². The summed E-state index contributed by atoms with van der Waals surface area (Å²) in [6, 6.07) is 9.11. The molecule has 0 fully saturated rings. The minimum atomic E-state index is -0.235. The average Bonchev–Trinajstić information content (AvgIpc) is 3.01. The molecule has 1 aliphatic heterocycles. The van der Waals surface area contributed by atoms with Crippen LogP contribution in [0.5, 0.6) is 0 Å². The van der Waals surface area contributed by atoms with Crippen molar-refractivity contribution in [2.24, 2.45) is 0 Å². The molecule has 1 aromatic carbocycles. The molecule has 2 aromatic rings. The summed E-state index contributed by atoms with van der Waals surface area (Å²) < 4.78 is 2.07. The fourth-order valence-electron chi connectivity index (χ4n) is 2.20. The van der Waals surface area contributed by atoms with Crippen LogP contribution < -0.4 is 10.6 Å². The monoisotopic (exact) mass is 257 g/mol. The van der Waals surface area contributed by atoms with Crippen LogP contribution >= 0.6 is 0 Å². The first-order chi connectivity index (χ1) is 9.33. The van der Waals surface area contributed by atoms with Gasteiger partial charge in [-0.2, -0.15) is 0 Å². The van der Waals surface area contributed by atoms with E-state index >= 15 is 0 Å². The summed E-state index contributed by atoms with van der Waals surface area (Å²) in [5, 5.41) is 13.7. The summed E-state index contributed by atoms with van der Waals surface area (Å²) in [4.78, 5) is 11.7. The van der Waals surface area contributed by atoms with Crippen LogP contribution in [-0.2, 0) is 19.5 Å². The van der Waals surface area contributed by atoms with Crippen LogP contribution in [0.3, 0.4) is 0 Å². The molecule has 98 valence electrons. The van der Waals surface area contributed by atoms with Crippen molar-refractivity contribution in [3.63, 3.8) is 0 Å². The van der Waals surface area contributed by atoms with Crippen LogP contribution in [0.2, 0.25) is 0 Å². The first-order valence-corrected chi connectivity index (χ1v) is 6.34. The number of fused-ring (bicyclic) bond motifs is 1. The van der Waals surface area contributed by atoms with Gasteiger partial charge in [-0.1, -0.05) is 18.2 Å². The number of aryl methyl sites for hydroxylation is 1. The van der Waals surface area contributed by atoms with Gasteiger partial charge in [0.25, 0.3) is 0 Å². The fourth-order valence-corrected chi connectivity index (χ4v) is 2.20. The lowest BCUT2D eigenvalue weighted by Crippen LogP contribution is -2.29. The minimum Gasteiger partial charge on any atom is -0.331 e. The van der Waals surface area contributed by atoms with Crippen LogP contribution in [0.25, 0.3) is 0 Å². The summed E-state index contributed by atoms with van der Waals surface area (Å²) in [6.07, 6.45) is 2.08. The maximum atomic E-state index is 11.7. The van der Waals surface area contributed by atoms with Crippen LogP contribution in [0.15, 0.2) is 30.3 Å². The van der Waals surface area contributed by atoms with Crippen molar-refractivity contribution in [1.82, 2.24) is 20.1 Å². The molecule has 1 aliphatic rings. The van der Waals surface area contributed by atoms with Crippen molar-refractivity contribution in [3.05, 3.63) is 42.0 Å². The maximum Gasteiger partial charge on any atom is 0.319 e. The molecule has 0 atom stereocenters. The molecule has 0 radical (unpaired) electrons. The summed E-state index contributed by atoms with van der Waals surface area (Å²) in [7, 11) is 0. The summed E-state index contributed by atoms with van der Waals surface area (Å²) in [5.41, 5.74) is 0.770. The number of urea groups is 1. The molecule has 0 bridgehead atoms. The van der Waals surface area contributed by atoms with E-state index in [1.54, 1.807) is 0 Å². The molecular weight excluding hydrogens is 242 g/mol. The molecule has 19 heavy (non-hydrogen) atoms. The molecule has 2 N–H and O–H groups in total. The van der Waals surface area contributed by atoms with Gasteiger partial charge in [-0.05, 0) is 18.6 Å². The van der Waals surface area contributed by atoms with Gasteiger partial charge in [0.05, 0.1) is 6.54 Å². The lowest BCUT2D eigenvalue weighted by Gasteiger charge is -2.07. The largest absolute Gasteiger partial charge is 0.331 e. The van der Waals surface area contributed by atoms with E-state index in [2.05, 4.69) is 25.4 Å². The van der Waals surface area contributed by atoms with Gasteiger partial charge >= 0.3 is 6.03 Å². The first kappa shape index (κ1) is 11.7. The van der Waals surface area contributed by atoms with Gasteiger partial charge in [-0.3, -0.25) is 0 Å². The molecule has 1 aromatic heterocycles. The third-order valence-electron chi connectivity index (χ3n) is 3.12. The Morgan fingerprint density at radius 3 is 2.95 bits per heavy atom. The second kappa shape index (κ2) is 5.09. The molecule has 3 rings (SSSR count). The van der Waals surface area contributed by atoms with Crippen molar-refractivity contribution in [1.29, 1.82) is 0 Å². The van der Waals surface area contributed by atoms with Crippen LogP contribution in [0.1, 0.15) is 18.1 Å². The highest BCUT2D eigenvalue weighted by Gasteiger charge is 2.17. The van der Waals surface area contributed by atoms with Gasteiger partial charge in [-0.25, -0.2) is 4.79 Å². The molecule has 0 spiro atoms. The second-order valence-corrected chi connectivity index (χ2v) is 4.46. The number of nitrogens with one attached hydrogen (secondary N) is 2. The number of benzene rings is 1. The molecule has 0 saturated carbocycles. The number of para-hydroxylation sites is 1. The normalized spacial score (nSPS) is 13.1. The Morgan fingerprint density at radius 2 is 2.11 bits per heavy atom. The topological polar surface area (TPSA) is 71.8 Å². The number of carbonyl (C=O) groups excluding carboxylic acids is 1. The number of hydrogen-bond donors (Lipinski definition) is 2. The summed E-state index contributed by atoms with van der Waals surface area (Å²) in [6.45, 7) is 1.34. The zero-order valence-electron chi connectivity index (χ0n) is 10.5. The Morgan fingerprint density at radius 1 is 1.26 bits per heavy atom. The van der Waals surface area contributed by atoms with E-state index in [4.69, 9.17) is 0 Å². The first-order valence-electron chi connectivity index (χ1n) is 6.34. The van der Waals surface area contributed by atoms with Crippen LogP contribution in [0.4, 0.5) is 10.5 Å². The highest BCUT2D eigenvalue weighted by Crippen LogP contribution is 2.13. The zero-order chi connectivity index (χ0) is 13.1. The average molecular weight is 257 g/mol. The van der Waals surface area contributed by atoms with E-state index in [9.17, 15) is 4.79 Å². The Balaban J connectivity index is 1.56. The van der Waals surface area contributed by atoms with E-state index in [0.717, 1.165) is 36.7 Å². The molecule has 2 amide bonds. The second-order valence-electron chi connectivity index (χ2n) is 4.46. The quantitative estimate of drug-likeness (QED) is 0.876. The highest BCUT2D eigenvalue weighted by molar-refractivity contribution is 5.89. The number of rotatable bonds is 3. The Hall–Kier alpha value is -2.37. The molecule has 0 aliphatic carbocycles. The van der Waals surface area contributed by atoms with Crippen molar-refractivity contribution < 1.29 is 4.79 Å². The summed E-state index contributed by atoms with van der Waals surface area (Å²) >= 11 is 0. The van der Waals surface area contributed by atoms with Crippen molar-refractivity contribution in [3.8, 4) is 0 Å². The standard InChI is InChI=1S/C13H15N5O/c19-13(15-10-5-2-1-3-6-10)14-9-12-17-16-11-7-4-8-18(11)12/h1-3,5-6H,4,7-9H2,(H2,14,15,19). The Kier molecular flexibility index (Phi) is 3.14. The lowest BCUT2D eigenvalue weighted by atomic mass is 10.3. The highest BCUT2D eigenvalue weighted by atomic mass is 16.2. The maximum absolute atomic E-state index is 11.7. The molecule has 0 unspecified atom stereocenters. The van der Waals surface area contributed by atoms with Gasteiger partial charge in [0.1, 0.15) is 5.82 Å². The van der Waals surface area contributed by atoms with Crippen LogP contribution in [0, 0.1) is 0 Å². The van der Waals surface area contributed by atoms with Crippen LogP contribution in [-0.4, -0.2) is 20.8 Å². The number of anilines is 1. The van der Waals surface area contributed by atoms with E-state index in [1.807, 2.05) is 30.3 Å². The van der Waals surface area contributed by atoms with Gasteiger partial charge < -0.3 is 15.2 Å². The number of carbonyl (C=O) groups is 1. The van der Waals surface area contributed by atoms with E-state index in [-0.39, 0.29) is 6.03 Å². The zero-order valence-corrected chi connectivity index (χ0v) is 10.5. The van der Waals surface area contributed by atoms with Gasteiger partial charge in [0.2, 0.25) is 0 Å².